The zero-order valence-electron chi connectivity index (χ0n) is 9.42. The molecule has 0 heterocycles. The Bertz CT molecular complexity index is 248. The van der Waals surface area contributed by atoms with E-state index in [1.165, 1.54) is 11.1 Å². The highest BCUT2D eigenvalue weighted by atomic mass is 16.5. The molecule has 1 aromatic carbocycles. The van der Waals surface area contributed by atoms with Crippen molar-refractivity contribution in [3.8, 4) is 0 Å². The van der Waals surface area contributed by atoms with Crippen LogP contribution in [0.3, 0.4) is 0 Å². The summed E-state index contributed by atoms with van der Waals surface area (Å²) in [5, 5.41) is 0. The first-order valence-corrected chi connectivity index (χ1v) is 5.32. The summed E-state index contributed by atoms with van der Waals surface area (Å²) in [7, 11) is 0. The molecule has 0 spiro atoms. The van der Waals surface area contributed by atoms with E-state index in [9.17, 15) is 0 Å². The fourth-order valence-corrected chi connectivity index (χ4v) is 1.26. The summed E-state index contributed by atoms with van der Waals surface area (Å²) >= 11 is 0. The molecule has 0 unspecified atom stereocenters. The van der Waals surface area contributed by atoms with Gasteiger partial charge in [-0.1, -0.05) is 43.7 Å². The van der Waals surface area contributed by atoms with Crippen LogP contribution in [0.15, 0.2) is 24.3 Å². The molecular formula is C13H20O. The van der Waals surface area contributed by atoms with Gasteiger partial charge in [0.15, 0.2) is 0 Å². The van der Waals surface area contributed by atoms with Gasteiger partial charge < -0.3 is 4.74 Å². The van der Waals surface area contributed by atoms with Crippen LogP contribution in [0.1, 0.15) is 25.0 Å². The van der Waals surface area contributed by atoms with Crippen LogP contribution < -0.4 is 0 Å². The minimum Gasteiger partial charge on any atom is -0.381 e. The lowest BCUT2D eigenvalue weighted by atomic mass is 10.1. The summed E-state index contributed by atoms with van der Waals surface area (Å²) in [6.07, 6.45) is 1.02. The molecule has 0 saturated heterocycles. The maximum absolute atomic E-state index is 5.53. The van der Waals surface area contributed by atoms with Crippen LogP contribution in [0.25, 0.3) is 0 Å². The van der Waals surface area contributed by atoms with Gasteiger partial charge in [0.2, 0.25) is 0 Å². The monoisotopic (exact) mass is 192 g/mol. The van der Waals surface area contributed by atoms with Crippen molar-refractivity contribution in [1.82, 2.24) is 0 Å². The van der Waals surface area contributed by atoms with E-state index in [2.05, 4.69) is 45.0 Å². The predicted molar refractivity (Wildman–Crippen MR) is 60.5 cm³/mol. The Kier molecular flexibility index (Phi) is 4.68. The van der Waals surface area contributed by atoms with Crippen molar-refractivity contribution in [2.45, 2.75) is 27.2 Å². The van der Waals surface area contributed by atoms with Gasteiger partial charge in [-0.15, -0.1) is 0 Å². The van der Waals surface area contributed by atoms with Crippen LogP contribution >= 0.6 is 0 Å². The first-order valence-electron chi connectivity index (χ1n) is 5.32. The largest absolute Gasteiger partial charge is 0.381 e. The molecule has 0 saturated carbocycles. The van der Waals surface area contributed by atoms with Crippen molar-refractivity contribution in [2.24, 2.45) is 5.92 Å². The van der Waals surface area contributed by atoms with Gasteiger partial charge in [-0.05, 0) is 24.8 Å². The van der Waals surface area contributed by atoms with Crippen LogP contribution in [0.4, 0.5) is 0 Å². The first-order chi connectivity index (χ1) is 6.68. The minimum atomic E-state index is 0.632. The maximum atomic E-state index is 5.53. The quantitative estimate of drug-likeness (QED) is 0.651. The molecule has 0 aromatic heterocycles. The Balaban J connectivity index is 2.21. The van der Waals surface area contributed by atoms with E-state index >= 15 is 0 Å². The standard InChI is InChI=1S/C13H20O/c1-11(2)10-14-9-8-13-6-4-12(3)5-7-13/h4-7,11H,8-10H2,1-3H3. The fraction of sp³-hybridized carbons (Fsp3) is 0.538. The third kappa shape index (κ3) is 4.43. The van der Waals surface area contributed by atoms with Gasteiger partial charge in [0.25, 0.3) is 0 Å². The third-order valence-corrected chi connectivity index (χ3v) is 2.11. The van der Waals surface area contributed by atoms with Crippen molar-refractivity contribution in [3.63, 3.8) is 0 Å². The third-order valence-electron chi connectivity index (χ3n) is 2.11. The molecule has 0 amide bonds. The van der Waals surface area contributed by atoms with Gasteiger partial charge in [-0.25, -0.2) is 0 Å². The van der Waals surface area contributed by atoms with E-state index in [0.717, 1.165) is 19.6 Å². The Hall–Kier alpha value is -0.820. The number of ether oxygens (including phenoxy) is 1. The molecule has 0 bridgehead atoms. The molecule has 0 fully saturated rings. The molecule has 0 radical (unpaired) electrons. The number of aryl methyl sites for hydroxylation is 1. The average molecular weight is 192 g/mol. The lowest BCUT2D eigenvalue weighted by Gasteiger charge is -2.06. The molecule has 1 heteroatoms. The second-order valence-corrected chi connectivity index (χ2v) is 4.20. The molecule has 1 rings (SSSR count). The van der Waals surface area contributed by atoms with E-state index in [-0.39, 0.29) is 0 Å². The summed E-state index contributed by atoms with van der Waals surface area (Å²) in [6, 6.07) is 8.65. The second kappa shape index (κ2) is 5.82. The Morgan fingerprint density at radius 2 is 1.79 bits per heavy atom. The molecule has 0 aliphatic heterocycles. The highest BCUT2D eigenvalue weighted by Gasteiger charge is 1.95. The van der Waals surface area contributed by atoms with Gasteiger partial charge in [-0.3, -0.25) is 0 Å². The molecular weight excluding hydrogens is 172 g/mol. The SMILES string of the molecule is Cc1ccc(CCOCC(C)C)cc1. The molecule has 1 aromatic rings. The van der Waals surface area contributed by atoms with Gasteiger partial charge in [0.05, 0.1) is 6.61 Å². The van der Waals surface area contributed by atoms with E-state index in [1.54, 1.807) is 0 Å². The number of rotatable bonds is 5. The summed E-state index contributed by atoms with van der Waals surface area (Å²) in [6.45, 7) is 8.16. The zero-order chi connectivity index (χ0) is 10.4. The molecule has 0 aliphatic carbocycles. The normalized spacial score (nSPS) is 10.9. The summed E-state index contributed by atoms with van der Waals surface area (Å²) in [4.78, 5) is 0. The highest BCUT2D eigenvalue weighted by molar-refractivity contribution is 5.21. The van der Waals surface area contributed by atoms with E-state index in [0.29, 0.717) is 5.92 Å². The molecule has 0 atom stereocenters. The Labute approximate surface area is 87.1 Å². The maximum Gasteiger partial charge on any atom is 0.0506 e. The fourth-order valence-electron chi connectivity index (χ4n) is 1.26. The molecule has 14 heavy (non-hydrogen) atoms. The highest BCUT2D eigenvalue weighted by Crippen LogP contribution is 2.04. The Morgan fingerprint density at radius 3 is 2.36 bits per heavy atom. The van der Waals surface area contributed by atoms with Crippen LogP contribution in [0.2, 0.25) is 0 Å². The molecule has 78 valence electrons. The van der Waals surface area contributed by atoms with Gasteiger partial charge >= 0.3 is 0 Å². The van der Waals surface area contributed by atoms with E-state index in [1.807, 2.05) is 0 Å². The first kappa shape index (κ1) is 11.3. The lowest BCUT2D eigenvalue weighted by molar-refractivity contribution is 0.112. The van der Waals surface area contributed by atoms with Crippen molar-refractivity contribution in [3.05, 3.63) is 35.4 Å². The molecule has 0 N–H and O–H groups in total. The van der Waals surface area contributed by atoms with Crippen LogP contribution in [-0.2, 0) is 11.2 Å². The van der Waals surface area contributed by atoms with Gasteiger partial charge in [0.1, 0.15) is 0 Å². The lowest BCUT2D eigenvalue weighted by Crippen LogP contribution is -2.05. The zero-order valence-corrected chi connectivity index (χ0v) is 9.42. The number of hydrogen-bond acceptors (Lipinski definition) is 1. The number of hydrogen-bond donors (Lipinski definition) is 0. The van der Waals surface area contributed by atoms with E-state index in [4.69, 9.17) is 4.74 Å². The number of benzene rings is 1. The van der Waals surface area contributed by atoms with Crippen LogP contribution in [0.5, 0.6) is 0 Å². The second-order valence-electron chi connectivity index (χ2n) is 4.20. The molecule has 1 nitrogen and oxygen atoms in total. The summed E-state index contributed by atoms with van der Waals surface area (Å²) < 4.78 is 5.53. The van der Waals surface area contributed by atoms with Crippen molar-refractivity contribution < 1.29 is 4.74 Å². The minimum absolute atomic E-state index is 0.632. The smallest absolute Gasteiger partial charge is 0.0506 e. The van der Waals surface area contributed by atoms with Crippen molar-refractivity contribution >= 4 is 0 Å². The topological polar surface area (TPSA) is 9.23 Å². The van der Waals surface area contributed by atoms with Gasteiger partial charge in [0, 0.05) is 6.61 Å². The van der Waals surface area contributed by atoms with E-state index < -0.39 is 0 Å². The van der Waals surface area contributed by atoms with Crippen molar-refractivity contribution in [2.75, 3.05) is 13.2 Å². The van der Waals surface area contributed by atoms with Crippen molar-refractivity contribution in [1.29, 1.82) is 0 Å². The average Bonchev–Trinajstić information content (AvgIpc) is 2.15. The molecule has 0 aliphatic rings. The predicted octanol–water partition coefficient (Wildman–Crippen LogP) is 3.21. The van der Waals surface area contributed by atoms with Gasteiger partial charge in [-0.2, -0.15) is 0 Å². The Morgan fingerprint density at radius 1 is 1.14 bits per heavy atom. The van der Waals surface area contributed by atoms with Crippen LogP contribution in [0, 0.1) is 12.8 Å². The summed E-state index contributed by atoms with van der Waals surface area (Å²) in [5.41, 5.74) is 2.68. The van der Waals surface area contributed by atoms with Crippen LogP contribution in [-0.4, -0.2) is 13.2 Å². The summed E-state index contributed by atoms with van der Waals surface area (Å²) in [5.74, 6) is 0.632.